The maximum absolute atomic E-state index is 11.9. The van der Waals surface area contributed by atoms with Gasteiger partial charge in [-0.2, -0.15) is 0 Å². The molecule has 5 nitrogen and oxygen atoms in total. The van der Waals surface area contributed by atoms with Gasteiger partial charge in [0.15, 0.2) is 0 Å². The first-order valence-electron chi connectivity index (χ1n) is 9.04. The summed E-state index contributed by atoms with van der Waals surface area (Å²) >= 11 is 0. The Morgan fingerprint density at radius 3 is 2.46 bits per heavy atom. The molecule has 5 heteroatoms. The van der Waals surface area contributed by atoms with Crippen LogP contribution in [-0.4, -0.2) is 42.4 Å². The molecule has 1 heterocycles. The Hall–Kier alpha value is -1.88. The average molecular weight is 331 g/mol. The fourth-order valence-electron chi connectivity index (χ4n) is 2.99. The molecule has 2 N–H and O–H groups in total. The minimum Gasteiger partial charge on any atom is -0.348 e. The lowest BCUT2D eigenvalue weighted by atomic mass is 10.0. The number of benzene rings is 1. The second-order valence-electron chi connectivity index (χ2n) is 6.47. The first-order valence-corrected chi connectivity index (χ1v) is 9.04. The molecule has 1 saturated heterocycles. The highest BCUT2D eigenvalue weighted by molar-refractivity contribution is 6.35. The lowest BCUT2D eigenvalue weighted by Gasteiger charge is -2.32. The van der Waals surface area contributed by atoms with Crippen molar-refractivity contribution in [2.45, 2.75) is 51.6 Å². The Labute approximate surface area is 144 Å². The smallest absolute Gasteiger partial charge is 0.309 e. The van der Waals surface area contributed by atoms with Crippen molar-refractivity contribution < 1.29 is 9.59 Å². The Morgan fingerprint density at radius 1 is 1.08 bits per heavy atom. The third kappa shape index (κ3) is 6.32. The zero-order chi connectivity index (χ0) is 17.2. The van der Waals surface area contributed by atoms with Gasteiger partial charge in [-0.05, 0) is 24.8 Å². The summed E-state index contributed by atoms with van der Waals surface area (Å²) in [5.74, 6) is -0.995. The normalized spacial score (nSPS) is 15.9. The lowest BCUT2D eigenvalue weighted by Crippen LogP contribution is -2.49. The number of hydrogen-bond acceptors (Lipinski definition) is 3. The third-order valence-electron chi connectivity index (χ3n) is 4.44. The van der Waals surface area contributed by atoms with Crippen LogP contribution < -0.4 is 10.6 Å². The van der Waals surface area contributed by atoms with Crippen molar-refractivity contribution in [1.29, 1.82) is 0 Å². The van der Waals surface area contributed by atoms with Crippen LogP contribution in [0.1, 0.15) is 44.6 Å². The molecule has 1 aromatic carbocycles. The van der Waals surface area contributed by atoms with E-state index in [1.165, 1.54) is 5.56 Å². The van der Waals surface area contributed by atoms with Crippen LogP contribution in [0.2, 0.25) is 0 Å². The van der Waals surface area contributed by atoms with Crippen molar-refractivity contribution >= 4 is 11.8 Å². The van der Waals surface area contributed by atoms with E-state index in [9.17, 15) is 9.59 Å². The Balaban J connectivity index is 1.65. The second-order valence-corrected chi connectivity index (χ2v) is 6.47. The molecule has 1 aliphatic heterocycles. The number of piperidine rings is 1. The topological polar surface area (TPSA) is 61.4 Å². The molecule has 0 radical (unpaired) electrons. The van der Waals surface area contributed by atoms with E-state index in [-0.39, 0.29) is 6.04 Å². The molecule has 0 aromatic heterocycles. The summed E-state index contributed by atoms with van der Waals surface area (Å²) in [5, 5.41) is 5.55. The molecule has 24 heavy (non-hydrogen) atoms. The lowest BCUT2D eigenvalue weighted by molar-refractivity contribution is -0.139. The maximum Gasteiger partial charge on any atom is 0.309 e. The number of nitrogens with one attached hydrogen (secondary N) is 2. The van der Waals surface area contributed by atoms with Gasteiger partial charge in [0, 0.05) is 32.2 Å². The number of unbranched alkanes of at least 4 members (excludes halogenated alkanes) is 2. The Kier molecular flexibility index (Phi) is 7.75. The van der Waals surface area contributed by atoms with E-state index < -0.39 is 11.8 Å². The molecular weight excluding hydrogens is 302 g/mol. The minimum absolute atomic E-state index is 0.103. The number of carbonyl (C=O) groups is 2. The highest BCUT2D eigenvalue weighted by Gasteiger charge is 2.23. The molecule has 2 amide bonds. The monoisotopic (exact) mass is 331 g/mol. The van der Waals surface area contributed by atoms with Crippen LogP contribution >= 0.6 is 0 Å². The zero-order valence-corrected chi connectivity index (χ0v) is 14.6. The molecule has 1 fully saturated rings. The molecule has 0 bridgehead atoms. The summed E-state index contributed by atoms with van der Waals surface area (Å²) in [7, 11) is 0. The van der Waals surface area contributed by atoms with Crippen LogP contribution in [0, 0.1) is 0 Å². The highest BCUT2D eigenvalue weighted by Crippen LogP contribution is 2.13. The van der Waals surface area contributed by atoms with Crippen molar-refractivity contribution in [2.75, 3.05) is 19.6 Å². The van der Waals surface area contributed by atoms with Gasteiger partial charge in [-0.1, -0.05) is 50.1 Å². The van der Waals surface area contributed by atoms with E-state index in [2.05, 4.69) is 46.7 Å². The van der Waals surface area contributed by atoms with E-state index >= 15 is 0 Å². The minimum atomic E-state index is -0.502. The zero-order valence-electron chi connectivity index (χ0n) is 14.6. The first-order chi connectivity index (χ1) is 11.7. The van der Waals surface area contributed by atoms with Gasteiger partial charge in [0.1, 0.15) is 0 Å². The second kappa shape index (κ2) is 10.1. The number of nitrogens with zero attached hydrogens (tertiary/aromatic N) is 1. The summed E-state index contributed by atoms with van der Waals surface area (Å²) in [5.41, 5.74) is 1.31. The maximum atomic E-state index is 11.9. The van der Waals surface area contributed by atoms with E-state index in [0.29, 0.717) is 6.54 Å². The van der Waals surface area contributed by atoms with Crippen molar-refractivity contribution in [3.8, 4) is 0 Å². The van der Waals surface area contributed by atoms with Crippen LogP contribution in [-0.2, 0) is 16.1 Å². The fraction of sp³-hybridized carbons (Fsp3) is 0.579. The van der Waals surface area contributed by atoms with Crippen molar-refractivity contribution in [3.63, 3.8) is 0 Å². The van der Waals surface area contributed by atoms with Gasteiger partial charge >= 0.3 is 11.8 Å². The molecule has 0 unspecified atom stereocenters. The number of likely N-dealkylation sites (tertiary alicyclic amines) is 1. The van der Waals surface area contributed by atoms with Crippen molar-refractivity contribution in [2.24, 2.45) is 0 Å². The quantitative estimate of drug-likeness (QED) is 0.594. The first kappa shape index (κ1) is 18.5. The van der Waals surface area contributed by atoms with Gasteiger partial charge in [-0.25, -0.2) is 0 Å². The van der Waals surface area contributed by atoms with Gasteiger partial charge in [0.25, 0.3) is 0 Å². The SMILES string of the molecule is CCCCCNC(=O)C(=O)NC1CCN(Cc2ccccc2)CC1. The van der Waals surface area contributed by atoms with E-state index in [1.54, 1.807) is 0 Å². The standard InChI is InChI=1S/C19H29N3O2/c1-2-3-7-12-20-18(23)19(24)21-17-10-13-22(14-11-17)15-16-8-5-4-6-9-16/h4-6,8-9,17H,2-3,7,10-15H2,1H3,(H,20,23)(H,21,24). The van der Waals surface area contributed by atoms with Gasteiger partial charge in [0.2, 0.25) is 0 Å². The van der Waals surface area contributed by atoms with Crippen molar-refractivity contribution in [1.82, 2.24) is 15.5 Å². The molecule has 1 aliphatic rings. The van der Waals surface area contributed by atoms with Gasteiger partial charge in [-0.3, -0.25) is 14.5 Å². The number of amides is 2. The summed E-state index contributed by atoms with van der Waals surface area (Å²) in [4.78, 5) is 26.1. The summed E-state index contributed by atoms with van der Waals surface area (Å²) < 4.78 is 0. The summed E-state index contributed by atoms with van der Waals surface area (Å²) in [6.45, 7) is 5.52. The highest BCUT2D eigenvalue weighted by atomic mass is 16.2. The van der Waals surface area contributed by atoms with Crippen LogP contribution in [0.3, 0.4) is 0 Å². The summed E-state index contributed by atoms with van der Waals surface area (Å²) in [6, 6.07) is 10.5. The van der Waals surface area contributed by atoms with E-state index in [1.807, 2.05) is 6.07 Å². The van der Waals surface area contributed by atoms with Crippen LogP contribution in [0.4, 0.5) is 0 Å². The molecule has 0 atom stereocenters. The third-order valence-corrected chi connectivity index (χ3v) is 4.44. The number of rotatable bonds is 7. The van der Waals surface area contributed by atoms with Gasteiger partial charge in [-0.15, -0.1) is 0 Å². The van der Waals surface area contributed by atoms with Crippen molar-refractivity contribution in [3.05, 3.63) is 35.9 Å². The fourth-order valence-corrected chi connectivity index (χ4v) is 2.99. The molecule has 132 valence electrons. The molecular formula is C19H29N3O2. The van der Waals surface area contributed by atoms with E-state index in [0.717, 1.165) is 51.7 Å². The summed E-state index contributed by atoms with van der Waals surface area (Å²) in [6.07, 6.45) is 4.88. The van der Waals surface area contributed by atoms with Crippen LogP contribution in [0.5, 0.6) is 0 Å². The number of carbonyl (C=O) groups excluding carboxylic acids is 2. The van der Waals surface area contributed by atoms with E-state index in [4.69, 9.17) is 0 Å². The molecule has 0 aliphatic carbocycles. The number of hydrogen-bond donors (Lipinski definition) is 2. The predicted molar refractivity (Wildman–Crippen MR) is 95.4 cm³/mol. The largest absolute Gasteiger partial charge is 0.348 e. The molecule has 0 saturated carbocycles. The molecule has 0 spiro atoms. The Morgan fingerprint density at radius 2 is 1.79 bits per heavy atom. The predicted octanol–water partition coefficient (Wildman–Crippen LogP) is 2.07. The average Bonchev–Trinajstić information content (AvgIpc) is 2.61. The van der Waals surface area contributed by atoms with Crippen LogP contribution in [0.25, 0.3) is 0 Å². The molecule has 1 aromatic rings. The van der Waals surface area contributed by atoms with Gasteiger partial charge in [0.05, 0.1) is 0 Å². The van der Waals surface area contributed by atoms with Gasteiger partial charge < -0.3 is 10.6 Å². The Bertz CT molecular complexity index is 511. The van der Waals surface area contributed by atoms with Crippen LogP contribution in [0.15, 0.2) is 30.3 Å². The molecule has 2 rings (SSSR count).